The van der Waals surface area contributed by atoms with Gasteiger partial charge in [0, 0.05) is 12.0 Å². The number of hydrogen-bond acceptors (Lipinski definition) is 7. The molecule has 0 bridgehead atoms. The van der Waals surface area contributed by atoms with Gasteiger partial charge in [-0.15, -0.1) is 0 Å². The smallest absolute Gasteiger partial charge is 0.301 e. The second-order valence-electron chi connectivity index (χ2n) is 8.86. The molecule has 3 aromatic carbocycles. The van der Waals surface area contributed by atoms with E-state index in [-0.39, 0.29) is 17.4 Å². The SMILES string of the molecule is COc1ccc2nc(N3C(=O)C(=O)C(=C(O)c4ccc5c(c4)C[C@@H](C)O5)[C@H]3c3ccccc3)sc2c1. The van der Waals surface area contributed by atoms with E-state index in [9.17, 15) is 14.7 Å². The number of amides is 1. The Morgan fingerprint density at radius 1 is 1.11 bits per heavy atom. The lowest BCUT2D eigenvalue weighted by Crippen LogP contribution is -2.29. The third-order valence-corrected chi connectivity index (χ3v) is 7.54. The second-order valence-corrected chi connectivity index (χ2v) is 9.87. The third-order valence-electron chi connectivity index (χ3n) is 6.52. The minimum Gasteiger partial charge on any atom is -0.507 e. The summed E-state index contributed by atoms with van der Waals surface area (Å²) in [6.45, 7) is 1.98. The van der Waals surface area contributed by atoms with Crippen molar-refractivity contribution >= 4 is 44.1 Å². The molecule has 7 nitrogen and oxygen atoms in total. The lowest BCUT2D eigenvalue weighted by molar-refractivity contribution is -0.132. The highest BCUT2D eigenvalue weighted by atomic mass is 32.1. The summed E-state index contributed by atoms with van der Waals surface area (Å²) in [6.07, 6.45) is 0.757. The first-order valence-corrected chi connectivity index (χ1v) is 12.4. The molecule has 1 amide bonds. The molecule has 1 aromatic heterocycles. The minimum atomic E-state index is -0.822. The molecule has 1 N–H and O–H groups in total. The monoisotopic (exact) mass is 498 g/mol. The van der Waals surface area contributed by atoms with Crippen LogP contribution in [0.4, 0.5) is 5.13 Å². The fraction of sp³-hybridized carbons (Fsp3) is 0.179. The highest BCUT2D eigenvalue weighted by Gasteiger charge is 2.48. The van der Waals surface area contributed by atoms with E-state index >= 15 is 0 Å². The van der Waals surface area contributed by atoms with E-state index in [4.69, 9.17) is 9.47 Å². The zero-order chi connectivity index (χ0) is 25.0. The predicted octanol–water partition coefficient (Wildman–Crippen LogP) is 5.25. The van der Waals surface area contributed by atoms with Crippen LogP contribution < -0.4 is 14.4 Å². The number of aliphatic hydroxyl groups excluding tert-OH is 1. The van der Waals surface area contributed by atoms with Crippen molar-refractivity contribution in [3.05, 3.63) is 89.0 Å². The molecular weight excluding hydrogens is 476 g/mol. The van der Waals surface area contributed by atoms with Crippen LogP contribution in [0.25, 0.3) is 16.0 Å². The fourth-order valence-corrected chi connectivity index (χ4v) is 5.85. The van der Waals surface area contributed by atoms with Crippen molar-refractivity contribution in [2.45, 2.75) is 25.5 Å². The number of carbonyl (C=O) groups is 2. The largest absolute Gasteiger partial charge is 0.507 e. The Bertz CT molecular complexity index is 1560. The zero-order valence-corrected chi connectivity index (χ0v) is 20.4. The van der Waals surface area contributed by atoms with Crippen LogP contribution in [0, 0.1) is 0 Å². The Kier molecular flexibility index (Phi) is 5.26. The van der Waals surface area contributed by atoms with Crippen molar-refractivity contribution in [2.75, 3.05) is 12.0 Å². The van der Waals surface area contributed by atoms with Crippen LogP contribution in [-0.2, 0) is 16.0 Å². The van der Waals surface area contributed by atoms with Gasteiger partial charge in [0.05, 0.1) is 28.9 Å². The number of ether oxygens (including phenoxy) is 2. The summed E-state index contributed by atoms with van der Waals surface area (Å²) in [5.41, 5.74) is 2.86. The van der Waals surface area contributed by atoms with Crippen molar-refractivity contribution in [3.63, 3.8) is 0 Å². The number of hydrogen-bond donors (Lipinski definition) is 1. The number of fused-ring (bicyclic) bond motifs is 2. The van der Waals surface area contributed by atoms with E-state index < -0.39 is 17.7 Å². The summed E-state index contributed by atoms with van der Waals surface area (Å²) in [5, 5.41) is 11.8. The molecule has 1 saturated heterocycles. The number of aromatic nitrogens is 1. The maximum Gasteiger partial charge on any atom is 0.301 e. The number of thiazole rings is 1. The maximum atomic E-state index is 13.4. The summed E-state index contributed by atoms with van der Waals surface area (Å²) >= 11 is 1.30. The molecule has 0 saturated carbocycles. The van der Waals surface area contributed by atoms with Gasteiger partial charge < -0.3 is 14.6 Å². The average molecular weight is 499 g/mol. The zero-order valence-electron chi connectivity index (χ0n) is 19.6. The Morgan fingerprint density at radius 3 is 2.69 bits per heavy atom. The predicted molar refractivity (Wildman–Crippen MR) is 138 cm³/mol. The highest BCUT2D eigenvalue weighted by Crippen LogP contribution is 2.45. The first kappa shape index (κ1) is 22.3. The van der Waals surface area contributed by atoms with Crippen molar-refractivity contribution in [2.24, 2.45) is 0 Å². The van der Waals surface area contributed by atoms with Gasteiger partial charge in [-0.25, -0.2) is 4.98 Å². The summed E-state index contributed by atoms with van der Waals surface area (Å²) in [5.74, 6) is -0.244. The molecular formula is C28H22N2O5S. The highest BCUT2D eigenvalue weighted by molar-refractivity contribution is 7.22. The molecule has 2 aliphatic heterocycles. The van der Waals surface area contributed by atoms with Crippen LogP contribution in [0.5, 0.6) is 11.5 Å². The molecule has 2 atom stereocenters. The van der Waals surface area contributed by atoms with E-state index in [0.717, 1.165) is 16.0 Å². The average Bonchev–Trinajstić information content (AvgIpc) is 3.55. The number of Topliss-reactive ketones (excluding diaryl/α,β-unsaturated/α-hetero) is 1. The van der Waals surface area contributed by atoms with E-state index in [0.29, 0.717) is 33.9 Å². The van der Waals surface area contributed by atoms with Crippen LogP contribution in [0.2, 0.25) is 0 Å². The molecule has 180 valence electrons. The van der Waals surface area contributed by atoms with Gasteiger partial charge in [-0.3, -0.25) is 14.5 Å². The molecule has 1 fully saturated rings. The van der Waals surface area contributed by atoms with E-state index in [1.165, 1.54) is 16.2 Å². The van der Waals surface area contributed by atoms with E-state index in [1.54, 1.807) is 25.3 Å². The number of nitrogens with zero attached hydrogens (tertiary/aromatic N) is 2. The Morgan fingerprint density at radius 2 is 1.92 bits per heavy atom. The molecule has 36 heavy (non-hydrogen) atoms. The van der Waals surface area contributed by atoms with E-state index in [2.05, 4.69) is 4.98 Å². The van der Waals surface area contributed by atoms with Gasteiger partial charge in [-0.05, 0) is 54.4 Å². The number of aliphatic hydroxyl groups is 1. The van der Waals surface area contributed by atoms with Crippen molar-refractivity contribution in [1.82, 2.24) is 4.98 Å². The molecule has 8 heteroatoms. The molecule has 0 aliphatic carbocycles. The van der Waals surface area contributed by atoms with Gasteiger partial charge in [-0.2, -0.15) is 0 Å². The molecule has 6 rings (SSSR count). The fourth-order valence-electron chi connectivity index (χ4n) is 4.83. The first-order valence-electron chi connectivity index (χ1n) is 11.5. The molecule has 0 spiro atoms. The van der Waals surface area contributed by atoms with E-state index in [1.807, 2.05) is 55.5 Å². The topological polar surface area (TPSA) is 89.0 Å². The van der Waals surface area contributed by atoms with Crippen LogP contribution in [0.3, 0.4) is 0 Å². The molecule has 2 aliphatic rings. The summed E-state index contributed by atoms with van der Waals surface area (Å²) in [7, 11) is 1.59. The lowest BCUT2D eigenvalue weighted by Gasteiger charge is -2.23. The summed E-state index contributed by atoms with van der Waals surface area (Å²) < 4.78 is 11.9. The quantitative estimate of drug-likeness (QED) is 0.235. The number of rotatable bonds is 4. The van der Waals surface area contributed by atoms with Gasteiger partial charge in [0.15, 0.2) is 5.13 Å². The number of ketones is 1. The number of anilines is 1. The molecule has 0 unspecified atom stereocenters. The van der Waals surface area contributed by atoms with Crippen molar-refractivity contribution in [1.29, 1.82) is 0 Å². The standard InChI is InChI=1S/C28H22N2O5S/c1-15-12-18-13-17(8-11-21(18)35-15)25(31)23-24(16-6-4-3-5-7-16)30(27(33)26(23)32)28-29-20-10-9-19(34-2)14-22(20)36-28/h3-11,13-15,24,31H,12H2,1-2H3/t15-,24-/m1/s1. The summed E-state index contributed by atoms with van der Waals surface area (Å²) in [4.78, 5) is 32.9. The van der Waals surface area contributed by atoms with Crippen LogP contribution >= 0.6 is 11.3 Å². The third kappa shape index (κ3) is 3.53. The Labute approximate surface area is 211 Å². The first-order chi connectivity index (χ1) is 17.4. The van der Waals surface area contributed by atoms with Gasteiger partial charge >= 0.3 is 5.91 Å². The van der Waals surface area contributed by atoms with Crippen molar-refractivity contribution < 1.29 is 24.2 Å². The van der Waals surface area contributed by atoms with Crippen molar-refractivity contribution in [3.8, 4) is 11.5 Å². The second kappa shape index (κ2) is 8.49. The van der Waals surface area contributed by atoms with Gasteiger partial charge in [0.1, 0.15) is 23.4 Å². The number of carbonyl (C=O) groups excluding carboxylic acids is 2. The summed E-state index contributed by atoms with van der Waals surface area (Å²) in [6, 6.07) is 19.2. The maximum absolute atomic E-state index is 13.4. The van der Waals surface area contributed by atoms with Crippen LogP contribution in [0.1, 0.15) is 29.7 Å². The van der Waals surface area contributed by atoms with Gasteiger partial charge in [0.25, 0.3) is 5.78 Å². The number of benzene rings is 3. The normalized spacial score (nSPS) is 20.6. The number of methoxy groups -OCH3 is 1. The van der Waals surface area contributed by atoms with Crippen LogP contribution in [0.15, 0.2) is 72.3 Å². The van der Waals surface area contributed by atoms with Crippen LogP contribution in [-0.4, -0.2) is 35.0 Å². The molecule has 4 aromatic rings. The Balaban J connectivity index is 1.52. The Hall–Kier alpha value is -4.17. The lowest BCUT2D eigenvalue weighted by atomic mass is 9.94. The molecule has 3 heterocycles. The minimum absolute atomic E-state index is 0.0370. The van der Waals surface area contributed by atoms with Gasteiger partial charge in [-0.1, -0.05) is 41.7 Å². The van der Waals surface area contributed by atoms with Gasteiger partial charge in [0.2, 0.25) is 0 Å². The molecule has 0 radical (unpaired) electrons.